The van der Waals surface area contributed by atoms with Gasteiger partial charge in [-0.15, -0.1) is 0 Å². The number of benzene rings is 2. The SMILES string of the molecule is Cc1ccc(C(=O)NCCNC(=O)c2ccc(NS(C)(=O)=O)cc2)cc1. The topological polar surface area (TPSA) is 104 Å². The van der Waals surface area contributed by atoms with Crippen LogP contribution < -0.4 is 15.4 Å². The summed E-state index contributed by atoms with van der Waals surface area (Å²) in [4.78, 5) is 24.0. The molecule has 0 bridgehead atoms. The highest BCUT2D eigenvalue weighted by Crippen LogP contribution is 2.10. The van der Waals surface area contributed by atoms with Crippen molar-refractivity contribution in [3.8, 4) is 0 Å². The average Bonchev–Trinajstić information content (AvgIpc) is 2.58. The second kappa shape index (κ2) is 8.48. The fraction of sp³-hybridized carbons (Fsp3) is 0.222. The van der Waals surface area contributed by atoms with Crippen molar-refractivity contribution in [1.82, 2.24) is 10.6 Å². The summed E-state index contributed by atoms with van der Waals surface area (Å²) in [6.45, 7) is 2.52. The van der Waals surface area contributed by atoms with Gasteiger partial charge in [-0.2, -0.15) is 0 Å². The highest BCUT2D eigenvalue weighted by Gasteiger charge is 2.08. The van der Waals surface area contributed by atoms with E-state index in [-0.39, 0.29) is 18.4 Å². The number of hydrogen-bond acceptors (Lipinski definition) is 4. The van der Waals surface area contributed by atoms with Crippen LogP contribution in [0.1, 0.15) is 26.3 Å². The summed E-state index contributed by atoms with van der Waals surface area (Å²) in [7, 11) is -3.35. The van der Waals surface area contributed by atoms with Crippen molar-refractivity contribution in [2.24, 2.45) is 0 Å². The minimum atomic E-state index is -3.35. The van der Waals surface area contributed by atoms with E-state index in [1.807, 2.05) is 19.1 Å². The number of carbonyl (C=O) groups excluding carboxylic acids is 2. The molecule has 0 heterocycles. The van der Waals surface area contributed by atoms with E-state index in [0.29, 0.717) is 23.4 Å². The van der Waals surface area contributed by atoms with Crippen LogP contribution in [0.5, 0.6) is 0 Å². The van der Waals surface area contributed by atoms with E-state index in [2.05, 4.69) is 15.4 Å². The molecule has 0 fully saturated rings. The first kappa shape index (κ1) is 19.5. The van der Waals surface area contributed by atoms with Gasteiger partial charge in [-0.1, -0.05) is 17.7 Å². The number of nitrogens with one attached hydrogen (secondary N) is 3. The summed E-state index contributed by atoms with van der Waals surface area (Å²) in [5, 5.41) is 5.42. The minimum Gasteiger partial charge on any atom is -0.350 e. The highest BCUT2D eigenvalue weighted by atomic mass is 32.2. The molecule has 2 amide bonds. The molecule has 8 heteroatoms. The minimum absolute atomic E-state index is 0.199. The van der Waals surface area contributed by atoms with Crippen LogP contribution in [0.15, 0.2) is 48.5 Å². The molecule has 0 unspecified atom stereocenters. The second-order valence-corrected chi connectivity index (χ2v) is 7.58. The van der Waals surface area contributed by atoms with Gasteiger partial charge in [0.15, 0.2) is 0 Å². The average molecular weight is 375 g/mol. The van der Waals surface area contributed by atoms with Crippen molar-refractivity contribution in [2.45, 2.75) is 6.92 Å². The molecule has 0 saturated heterocycles. The fourth-order valence-corrected chi connectivity index (χ4v) is 2.73. The van der Waals surface area contributed by atoms with E-state index in [9.17, 15) is 18.0 Å². The normalized spacial score (nSPS) is 10.8. The summed E-state index contributed by atoms with van der Waals surface area (Å²) >= 11 is 0. The summed E-state index contributed by atoms with van der Waals surface area (Å²) in [5.74, 6) is -0.504. The number of carbonyl (C=O) groups is 2. The molecule has 0 atom stereocenters. The molecule has 2 aromatic carbocycles. The van der Waals surface area contributed by atoms with Gasteiger partial charge < -0.3 is 10.6 Å². The first-order valence-corrected chi connectivity index (χ1v) is 9.85. The Morgan fingerprint density at radius 2 is 1.23 bits per heavy atom. The first-order chi connectivity index (χ1) is 12.2. The Morgan fingerprint density at radius 3 is 1.65 bits per heavy atom. The van der Waals surface area contributed by atoms with Crippen LogP contribution in [0.4, 0.5) is 5.69 Å². The van der Waals surface area contributed by atoms with Gasteiger partial charge in [0, 0.05) is 29.9 Å². The van der Waals surface area contributed by atoms with Crippen molar-refractivity contribution >= 4 is 27.5 Å². The molecule has 138 valence electrons. The lowest BCUT2D eigenvalue weighted by Crippen LogP contribution is -2.34. The molecule has 7 nitrogen and oxygen atoms in total. The largest absolute Gasteiger partial charge is 0.350 e. The third-order valence-electron chi connectivity index (χ3n) is 3.46. The zero-order chi connectivity index (χ0) is 19.2. The van der Waals surface area contributed by atoms with Gasteiger partial charge in [-0.25, -0.2) is 8.42 Å². The number of amides is 2. The molecular weight excluding hydrogens is 354 g/mol. The smallest absolute Gasteiger partial charge is 0.251 e. The van der Waals surface area contributed by atoms with E-state index in [1.54, 1.807) is 12.1 Å². The summed E-state index contributed by atoms with van der Waals surface area (Å²) in [5.41, 5.74) is 2.42. The molecule has 0 aromatic heterocycles. The van der Waals surface area contributed by atoms with Crippen molar-refractivity contribution in [1.29, 1.82) is 0 Å². The van der Waals surface area contributed by atoms with Crippen molar-refractivity contribution < 1.29 is 18.0 Å². The number of anilines is 1. The lowest BCUT2D eigenvalue weighted by atomic mass is 10.1. The number of rotatable bonds is 7. The van der Waals surface area contributed by atoms with Crippen LogP contribution in [0.2, 0.25) is 0 Å². The van der Waals surface area contributed by atoms with E-state index >= 15 is 0 Å². The molecule has 2 rings (SSSR count). The maximum absolute atomic E-state index is 12.0. The molecule has 0 saturated carbocycles. The number of sulfonamides is 1. The van der Waals surface area contributed by atoms with E-state index in [1.165, 1.54) is 24.3 Å². The molecule has 0 aliphatic carbocycles. The Hall–Kier alpha value is -2.87. The molecule has 0 aliphatic rings. The third-order valence-corrected chi connectivity index (χ3v) is 4.07. The summed E-state index contributed by atoms with van der Waals surface area (Å²) < 4.78 is 24.6. The van der Waals surface area contributed by atoms with Crippen LogP contribution in [-0.2, 0) is 10.0 Å². The lowest BCUT2D eigenvalue weighted by Gasteiger charge is -2.08. The van der Waals surface area contributed by atoms with E-state index in [0.717, 1.165) is 11.8 Å². The highest BCUT2D eigenvalue weighted by molar-refractivity contribution is 7.92. The Labute approximate surface area is 152 Å². The van der Waals surface area contributed by atoms with E-state index in [4.69, 9.17) is 0 Å². The second-order valence-electron chi connectivity index (χ2n) is 5.83. The summed E-state index contributed by atoms with van der Waals surface area (Å²) in [6.07, 6.45) is 1.05. The van der Waals surface area contributed by atoms with Crippen molar-refractivity contribution in [3.63, 3.8) is 0 Å². The Balaban J connectivity index is 1.78. The third kappa shape index (κ3) is 6.21. The predicted octanol–water partition coefficient (Wildman–Crippen LogP) is 1.53. The Morgan fingerprint density at radius 1 is 0.808 bits per heavy atom. The van der Waals surface area contributed by atoms with Crippen molar-refractivity contribution in [2.75, 3.05) is 24.1 Å². The van der Waals surface area contributed by atoms with Gasteiger partial charge in [-0.05, 0) is 43.3 Å². The molecule has 26 heavy (non-hydrogen) atoms. The monoisotopic (exact) mass is 375 g/mol. The molecule has 3 N–H and O–H groups in total. The molecule has 0 spiro atoms. The maximum Gasteiger partial charge on any atom is 0.251 e. The van der Waals surface area contributed by atoms with Gasteiger partial charge in [0.05, 0.1) is 6.26 Å². The first-order valence-electron chi connectivity index (χ1n) is 7.95. The van der Waals surface area contributed by atoms with Gasteiger partial charge in [0.25, 0.3) is 11.8 Å². The Kier molecular flexibility index (Phi) is 6.35. The Bertz CT molecular complexity index is 876. The standard InChI is InChI=1S/C18H21N3O4S/c1-13-3-5-14(6-4-13)17(22)19-11-12-20-18(23)15-7-9-16(10-8-15)21-26(2,24)25/h3-10,21H,11-12H2,1-2H3,(H,19,22)(H,20,23). The predicted molar refractivity (Wildman–Crippen MR) is 101 cm³/mol. The quantitative estimate of drug-likeness (QED) is 0.638. The maximum atomic E-state index is 12.0. The van der Waals surface area contributed by atoms with Crippen molar-refractivity contribution in [3.05, 3.63) is 65.2 Å². The van der Waals surface area contributed by atoms with Gasteiger partial charge in [0.2, 0.25) is 10.0 Å². The van der Waals surface area contributed by atoms with Gasteiger partial charge in [0.1, 0.15) is 0 Å². The number of aryl methyl sites for hydroxylation is 1. The lowest BCUT2D eigenvalue weighted by molar-refractivity contribution is 0.0927. The number of hydrogen-bond donors (Lipinski definition) is 3. The van der Waals surface area contributed by atoms with Crippen LogP contribution in [0.25, 0.3) is 0 Å². The molecule has 0 aliphatic heterocycles. The van der Waals surface area contributed by atoms with E-state index < -0.39 is 10.0 Å². The van der Waals surface area contributed by atoms with Crippen LogP contribution in [0, 0.1) is 6.92 Å². The summed E-state index contributed by atoms with van der Waals surface area (Å²) in [6, 6.07) is 13.3. The fourth-order valence-electron chi connectivity index (χ4n) is 2.16. The zero-order valence-corrected chi connectivity index (χ0v) is 15.4. The van der Waals surface area contributed by atoms with Crippen LogP contribution in [0.3, 0.4) is 0 Å². The zero-order valence-electron chi connectivity index (χ0n) is 14.6. The van der Waals surface area contributed by atoms with Gasteiger partial charge >= 0.3 is 0 Å². The molecule has 0 radical (unpaired) electrons. The molecular formula is C18H21N3O4S. The van der Waals surface area contributed by atoms with Gasteiger partial charge in [-0.3, -0.25) is 14.3 Å². The van der Waals surface area contributed by atoms with Crippen LogP contribution >= 0.6 is 0 Å². The van der Waals surface area contributed by atoms with Crippen LogP contribution in [-0.4, -0.2) is 39.6 Å². The molecule has 2 aromatic rings.